The molecule has 0 amide bonds. The minimum Gasteiger partial charge on any atom is -0.379 e. The molecule has 1 nitrogen and oxygen atoms in total. The molecule has 1 rings (SSSR count). The molecule has 1 aliphatic carbocycles. The Hall–Kier alpha value is -0.0400. The summed E-state index contributed by atoms with van der Waals surface area (Å²) in [4.78, 5) is 0. The molecule has 0 spiro atoms. The van der Waals surface area contributed by atoms with E-state index in [9.17, 15) is 0 Å². The summed E-state index contributed by atoms with van der Waals surface area (Å²) in [5.41, 5.74) is 0.130. The summed E-state index contributed by atoms with van der Waals surface area (Å²) >= 11 is 0. The number of hydrogen-bond acceptors (Lipinski definition) is 1. The zero-order chi connectivity index (χ0) is 9.19. The topological polar surface area (TPSA) is 9.23 Å². The standard InChI is InChI=1S/C11H21O/c1-9(2)10-5-7-11(3,12-4)8-6-10/h5,9-10H,6-8H2,1-4H3. The summed E-state index contributed by atoms with van der Waals surface area (Å²) in [7, 11) is 1.82. The average Bonchev–Trinajstić information content (AvgIpc) is 2.05. The molecule has 1 aliphatic rings. The van der Waals surface area contributed by atoms with Crippen molar-refractivity contribution in [1.82, 2.24) is 0 Å². The van der Waals surface area contributed by atoms with Crippen LogP contribution in [0.2, 0.25) is 0 Å². The summed E-state index contributed by atoms with van der Waals surface area (Å²) in [6, 6.07) is 0. The lowest BCUT2D eigenvalue weighted by Gasteiger charge is -2.37. The van der Waals surface area contributed by atoms with Crippen molar-refractivity contribution in [2.75, 3.05) is 7.11 Å². The molecule has 2 atom stereocenters. The number of ether oxygens (including phenoxy) is 1. The predicted molar refractivity (Wildman–Crippen MR) is 51.9 cm³/mol. The lowest BCUT2D eigenvalue weighted by atomic mass is 9.75. The van der Waals surface area contributed by atoms with E-state index in [1.165, 1.54) is 12.8 Å². The van der Waals surface area contributed by atoms with Crippen molar-refractivity contribution in [2.45, 2.75) is 45.6 Å². The van der Waals surface area contributed by atoms with Crippen molar-refractivity contribution in [1.29, 1.82) is 0 Å². The second kappa shape index (κ2) is 3.78. The summed E-state index contributed by atoms with van der Waals surface area (Å²) in [6.07, 6.45) is 6.06. The molecule has 0 aromatic rings. The molecule has 0 bridgehead atoms. The van der Waals surface area contributed by atoms with Gasteiger partial charge in [-0.15, -0.1) is 0 Å². The number of hydrogen-bond donors (Lipinski definition) is 0. The molecular weight excluding hydrogens is 148 g/mol. The second-order valence-electron chi connectivity index (χ2n) is 4.54. The van der Waals surface area contributed by atoms with E-state index < -0.39 is 0 Å². The van der Waals surface area contributed by atoms with Gasteiger partial charge in [-0.1, -0.05) is 13.8 Å². The maximum absolute atomic E-state index is 5.48. The molecule has 0 aliphatic heterocycles. The molecule has 0 N–H and O–H groups in total. The van der Waals surface area contributed by atoms with Crippen molar-refractivity contribution < 1.29 is 4.74 Å². The van der Waals surface area contributed by atoms with Crippen molar-refractivity contribution in [3.05, 3.63) is 6.42 Å². The van der Waals surface area contributed by atoms with Crippen LogP contribution in [0.1, 0.15) is 40.0 Å². The van der Waals surface area contributed by atoms with Crippen LogP contribution in [0.15, 0.2) is 0 Å². The van der Waals surface area contributed by atoms with E-state index in [-0.39, 0.29) is 5.60 Å². The van der Waals surface area contributed by atoms with E-state index >= 15 is 0 Å². The number of rotatable bonds is 2. The molecule has 1 fully saturated rings. The fraction of sp³-hybridized carbons (Fsp3) is 0.909. The molecule has 1 saturated carbocycles. The van der Waals surface area contributed by atoms with Gasteiger partial charge in [-0.25, -0.2) is 0 Å². The van der Waals surface area contributed by atoms with Crippen LogP contribution in [0, 0.1) is 18.3 Å². The Bertz CT molecular complexity index is 132. The van der Waals surface area contributed by atoms with Gasteiger partial charge in [0, 0.05) is 7.11 Å². The van der Waals surface area contributed by atoms with Gasteiger partial charge >= 0.3 is 0 Å². The Balaban J connectivity index is 2.39. The largest absolute Gasteiger partial charge is 0.379 e. The van der Waals surface area contributed by atoms with Gasteiger partial charge in [0.2, 0.25) is 0 Å². The fourth-order valence-electron chi connectivity index (χ4n) is 1.88. The van der Waals surface area contributed by atoms with Gasteiger partial charge in [0.25, 0.3) is 0 Å². The van der Waals surface area contributed by atoms with Gasteiger partial charge in [0.05, 0.1) is 5.60 Å². The van der Waals surface area contributed by atoms with Crippen molar-refractivity contribution in [3.8, 4) is 0 Å². The van der Waals surface area contributed by atoms with E-state index in [1.54, 1.807) is 0 Å². The van der Waals surface area contributed by atoms with Crippen LogP contribution in [-0.2, 0) is 4.74 Å². The highest BCUT2D eigenvalue weighted by Crippen LogP contribution is 2.36. The van der Waals surface area contributed by atoms with Crippen molar-refractivity contribution in [3.63, 3.8) is 0 Å². The lowest BCUT2D eigenvalue weighted by molar-refractivity contribution is -0.0218. The summed E-state index contributed by atoms with van der Waals surface area (Å²) in [5.74, 6) is 1.61. The van der Waals surface area contributed by atoms with E-state index in [2.05, 4.69) is 27.2 Å². The molecule has 0 aromatic carbocycles. The van der Waals surface area contributed by atoms with Gasteiger partial charge in [-0.2, -0.15) is 0 Å². The molecule has 1 heteroatoms. The smallest absolute Gasteiger partial charge is 0.0653 e. The second-order valence-corrected chi connectivity index (χ2v) is 4.54. The third-order valence-corrected chi connectivity index (χ3v) is 3.21. The molecule has 0 aromatic heterocycles. The molecule has 0 heterocycles. The highest BCUT2D eigenvalue weighted by Gasteiger charge is 2.31. The Labute approximate surface area is 76.5 Å². The quantitative estimate of drug-likeness (QED) is 0.617. The molecule has 2 unspecified atom stereocenters. The van der Waals surface area contributed by atoms with E-state index in [4.69, 9.17) is 4.74 Å². The first-order chi connectivity index (χ1) is 5.57. The number of methoxy groups -OCH3 is 1. The third kappa shape index (κ3) is 2.22. The van der Waals surface area contributed by atoms with Crippen LogP contribution in [0.4, 0.5) is 0 Å². The van der Waals surface area contributed by atoms with E-state index in [1.807, 2.05) is 7.11 Å². The van der Waals surface area contributed by atoms with Crippen LogP contribution in [0.3, 0.4) is 0 Å². The summed E-state index contributed by atoms with van der Waals surface area (Å²) in [6.45, 7) is 6.81. The van der Waals surface area contributed by atoms with Gasteiger partial charge in [-0.05, 0) is 44.4 Å². The lowest BCUT2D eigenvalue weighted by Crippen LogP contribution is -2.34. The zero-order valence-electron chi connectivity index (χ0n) is 8.76. The zero-order valence-corrected chi connectivity index (χ0v) is 8.76. The normalized spacial score (nSPS) is 37.2. The van der Waals surface area contributed by atoms with E-state index in [0.717, 1.165) is 18.3 Å². The Morgan fingerprint density at radius 3 is 2.50 bits per heavy atom. The molecule has 71 valence electrons. The molecule has 1 radical (unpaired) electrons. The minimum absolute atomic E-state index is 0.130. The SMILES string of the molecule is COC1(C)C[CH]C(C(C)C)CC1. The highest BCUT2D eigenvalue weighted by atomic mass is 16.5. The first-order valence-corrected chi connectivity index (χ1v) is 4.96. The van der Waals surface area contributed by atoms with Gasteiger partial charge in [0.1, 0.15) is 0 Å². The van der Waals surface area contributed by atoms with E-state index in [0.29, 0.717) is 0 Å². The van der Waals surface area contributed by atoms with Crippen LogP contribution in [0.25, 0.3) is 0 Å². The van der Waals surface area contributed by atoms with Crippen LogP contribution < -0.4 is 0 Å². The Morgan fingerprint density at radius 2 is 2.17 bits per heavy atom. The molecule has 0 saturated heterocycles. The first-order valence-electron chi connectivity index (χ1n) is 4.96. The molecule has 12 heavy (non-hydrogen) atoms. The van der Waals surface area contributed by atoms with Crippen LogP contribution in [0.5, 0.6) is 0 Å². The third-order valence-electron chi connectivity index (χ3n) is 3.21. The summed E-state index contributed by atoms with van der Waals surface area (Å²) in [5, 5.41) is 0. The predicted octanol–water partition coefficient (Wildman–Crippen LogP) is 3.05. The maximum Gasteiger partial charge on any atom is 0.0653 e. The van der Waals surface area contributed by atoms with Gasteiger partial charge in [-0.3, -0.25) is 0 Å². The highest BCUT2D eigenvalue weighted by molar-refractivity contribution is 4.94. The first kappa shape index (κ1) is 10.0. The maximum atomic E-state index is 5.48. The van der Waals surface area contributed by atoms with Gasteiger partial charge < -0.3 is 4.74 Å². The summed E-state index contributed by atoms with van der Waals surface area (Å²) < 4.78 is 5.48. The molecular formula is C11H21O. The van der Waals surface area contributed by atoms with Crippen molar-refractivity contribution >= 4 is 0 Å². The fourth-order valence-corrected chi connectivity index (χ4v) is 1.88. The Morgan fingerprint density at radius 1 is 1.50 bits per heavy atom. The Kier molecular flexibility index (Phi) is 3.16. The minimum atomic E-state index is 0.130. The van der Waals surface area contributed by atoms with Crippen LogP contribution in [-0.4, -0.2) is 12.7 Å². The van der Waals surface area contributed by atoms with Crippen molar-refractivity contribution in [2.24, 2.45) is 11.8 Å². The average molecular weight is 169 g/mol. The van der Waals surface area contributed by atoms with Crippen LogP contribution >= 0.6 is 0 Å². The van der Waals surface area contributed by atoms with Gasteiger partial charge in [0.15, 0.2) is 0 Å². The monoisotopic (exact) mass is 169 g/mol.